The van der Waals surface area contributed by atoms with Gasteiger partial charge in [-0.25, -0.2) is 0 Å². The molecule has 0 aliphatic rings. The van der Waals surface area contributed by atoms with Crippen LogP contribution in [0.5, 0.6) is 0 Å². The summed E-state index contributed by atoms with van der Waals surface area (Å²) in [6.07, 6.45) is 0. The van der Waals surface area contributed by atoms with Crippen molar-refractivity contribution in [2.45, 2.75) is 6.54 Å². The molecule has 0 amide bonds. The van der Waals surface area contributed by atoms with Gasteiger partial charge in [-0.3, -0.25) is 4.98 Å². The third kappa shape index (κ3) is 2.57. The number of benzene rings is 2. The molecule has 0 saturated carbocycles. The molecule has 0 unspecified atom stereocenters. The maximum absolute atomic E-state index is 5.82. The van der Waals surface area contributed by atoms with Crippen LogP contribution in [0, 0.1) is 0 Å². The van der Waals surface area contributed by atoms with Crippen molar-refractivity contribution in [2.24, 2.45) is 0 Å². The van der Waals surface area contributed by atoms with Gasteiger partial charge in [0, 0.05) is 23.8 Å². The minimum Gasteiger partial charge on any atom is -0.399 e. The molecule has 2 N–H and O–H groups in total. The first kappa shape index (κ1) is 12.5. The number of aromatic nitrogens is 1. The number of rotatable bonds is 3. The third-order valence-corrected chi connectivity index (χ3v) is 3.37. The minimum absolute atomic E-state index is 0.758. The van der Waals surface area contributed by atoms with Crippen LogP contribution in [0.3, 0.4) is 0 Å². The quantitative estimate of drug-likeness (QED) is 0.736. The van der Waals surface area contributed by atoms with Gasteiger partial charge in [0.25, 0.3) is 0 Å². The first-order chi connectivity index (χ1) is 9.72. The van der Waals surface area contributed by atoms with Crippen LogP contribution in [0.1, 0.15) is 5.69 Å². The van der Waals surface area contributed by atoms with Crippen molar-refractivity contribution >= 4 is 22.3 Å². The lowest BCUT2D eigenvalue weighted by atomic mass is 10.2. The van der Waals surface area contributed by atoms with Crippen LogP contribution >= 0.6 is 0 Å². The summed E-state index contributed by atoms with van der Waals surface area (Å²) in [6.45, 7) is 0.758. The number of para-hydroxylation sites is 1. The van der Waals surface area contributed by atoms with Crippen LogP contribution in [0.4, 0.5) is 11.4 Å². The second-order valence-electron chi connectivity index (χ2n) is 4.95. The zero-order valence-corrected chi connectivity index (χ0v) is 11.5. The zero-order valence-electron chi connectivity index (χ0n) is 11.5. The van der Waals surface area contributed by atoms with E-state index in [2.05, 4.69) is 29.2 Å². The number of nitrogen functional groups attached to an aromatic ring is 1. The van der Waals surface area contributed by atoms with Crippen molar-refractivity contribution in [1.82, 2.24) is 4.98 Å². The fraction of sp³-hybridized carbons (Fsp3) is 0.118. The van der Waals surface area contributed by atoms with Crippen molar-refractivity contribution in [2.75, 3.05) is 17.7 Å². The molecule has 1 aromatic heterocycles. The summed E-state index contributed by atoms with van der Waals surface area (Å²) in [6, 6.07) is 20.2. The van der Waals surface area contributed by atoms with Gasteiger partial charge in [-0.2, -0.15) is 0 Å². The van der Waals surface area contributed by atoms with Crippen molar-refractivity contribution in [3.05, 3.63) is 66.4 Å². The number of fused-ring (bicyclic) bond motifs is 1. The molecule has 3 rings (SSSR count). The topological polar surface area (TPSA) is 42.2 Å². The summed E-state index contributed by atoms with van der Waals surface area (Å²) >= 11 is 0. The van der Waals surface area contributed by atoms with Gasteiger partial charge < -0.3 is 10.6 Å². The summed E-state index contributed by atoms with van der Waals surface area (Å²) in [7, 11) is 2.05. The monoisotopic (exact) mass is 263 g/mol. The zero-order chi connectivity index (χ0) is 13.9. The van der Waals surface area contributed by atoms with Gasteiger partial charge in [-0.05, 0) is 30.3 Å². The van der Waals surface area contributed by atoms with Crippen LogP contribution in [0.25, 0.3) is 10.9 Å². The van der Waals surface area contributed by atoms with Crippen LogP contribution in [-0.4, -0.2) is 12.0 Å². The summed E-state index contributed by atoms with van der Waals surface area (Å²) in [5.41, 5.74) is 9.78. The molecule has 20 heavy (non-hydrogen) atoms. The lowest BCUT2D eigenvalue weighted by Gasteiger charge is -2.19. The highest BCUT2D eigenvalue weighted by Gasteiger charge is 2.04. The Labute approximate surface area is 118 Å². The Morgan fingerprint density at radius 3 is 2.70 bits per heavy atom. The molecule has 0 saturated heterocycles. The summed E-state index contributed by atoms with van der Waals surface area (Å²) < 4.78 is 0. The fourth-order valence-corrected chi connectivity index (χ4v) is 2.29. The van der Waals surface area contributed by atoms with Crippen LogP contribution in [0.15, 0.2) is 60.7 Å². The number of hydrogen-bond donors (Lipinski definition) is 1. The maximum atomic E-state index is 5.82. The van der Waals surface area contributed by atoms with E-state index in [1.165, 1.54) is 5.39 Å². The number of pyridine rings is 1. The van der Waals surface area contributed by atoms with Crippen molar-refractivity contribution in [1.29, 1.82) is 0 Å². The minimum atomic E-state index is 0.758. The Bertz CT molecular complexity index is 737. The van der Waals surface area contributed by atoms with E-state index in [-0.39, 0.29) is 0 Å². The normalized spacial score (nSPS) is 10.7. The molecule has 2 aromatic carbocycles. The molecule has 1 heterocycles. The Balaban J connectivity index is 1.85. The highest BCUT2D eigenvalue weighted by Crippen LogP contribution is 2.19. The third-order valence-electron chi connectivity index (χ3n) is 3.37. The summed E-state index contributed by atoms with van der Waals surface area (Å²) in [5, 5.41) is 1.17. The molecule has 0 aliphatic carbocycles. The highest BCUT2D eigenvalue weighted by atomic mass is 15.1. The van der Waals surface area contributed by atoms with Crippen LogP contribution in [0.2, 0.25) is 0 Å². The van der Waals surface area contributed by atoms with Gasteiger partial charge >= 0.3 is 0 Å². The summed E-state index contributed by atoms with van der Waals surface area (Å²) in [5.74, 6) is 0. The Morgan fingerprint density at radius 2 is 1.85 bits per heavy atom. The molecular formula is C17H17N3. The van der Waals surface area contributed by atoms with E-state index in [4.69, 9.17) is 10.7 Å². The van der Waals surface area contributed by atoms with Crippen LogP contribution < -0.4 is 10.6 Å². The van der Waals surface area contributed by atoms with Crippen molar-refractivity contribution < 1.29 is 0 Å². The van der Waals surface area contributed by atoms with Crippen LogP contribution in [-0.2, 0) is 6.54 Å². The molecule has 3 aromatic rings. The van der Waals surface area contributed by atoms with Crippen molar-refractivity contribution in [3.8, 4) is 0 Å². The second-order valence-corrected chi connectivity index (χ2v) is 4.95. The largest absolute Gasteiger partial charge is 0.399 e. The summed E-state index contributed by atoms with van der Waals surface area (Å²) in [4.78, 5) is 6.84. The highest BCUT2D eigenvalue weighted by molar-refractivity contribution is 5.78. The van der Waals surface area contributed by atoms with Gasteiger partial charge in [-0.1, -0.05) is 30.3 Å². The van der Waals surface area contributed by atoms with E-state index in [1.807, 2.05) is 43.4 Å². The van der Waals surface area contributed by atoms with Gasteiger partial charge in [0.2, 0.25) is 0 Å². The Kier molecular flexibility index (Phi) is 3.25. The lowest BCUT2D eigenvalue weighted by Crippen LogP contribution is -2.17. The molecule has 0 bridgehead atoms. The second kappa shape index (κ2) is 5.21. The SMILES string of the molecule is CN(Cc1ccc2ccccc2n1)c1cccc(N)c1. The van der Waals surface area contributed by atoms with E-state index in [0.29, 0.717) is 0 Å². The first-order valence-electron chi connectivity index (χ1n) is 6.64. The molecule has 0 atom stereocenters. The molecular weight excluding hydrogens is 246 g/mol. The number of nitrogens with zero attached hydrogens (tertiary/aromatic N) is 2. The average Bonchev–Trinajstić information content (AvgIpc) is 2.47. The van der Waals surface area contributed by atoms with Gasteiger partial charge in [0.1, 0.15) is 0 Å². The van der Waals surface area contributed by atoms with E-state index in [0.717, 1.165) is 29.1 Å². The van der Waals surface area contributed by atoms with E-state index >= 15 is 0 Å². The Morgan fingerprint density at radius 1 is 1.00 bits per heavy atom. The number of hydrogen-bond acceptors (Lipinski definition) is 3. The van der Waals surface area contributed by atoms with Gasteiger partial charge in [0.05, 0.1) is 17.8 Å². The Hall–Kier alpha value is -2.55. The van der Waals surface area contributed by atoms with E-state index in [1.54, 1.807) is 0 Å². The average molecular weight is 263 g/mol. The molecule has 100 valence electrons. The predicted molar refractivity (Wildman–Crippen MR) is 84.7 cm³/mol. The molecule has 0 spiro atoms. The molecule has 0 radical (unpaired) electrons. The first-order valence-corrected chi connectivity index (χ1v) is 6.64. The van der Waals surface area contributed by atoms with E-state index < -0.39 is 0 Å². The fourth-order valence-electron chi connectivity index (χ4n) is 2.29. The smallest absolute Gasteiger partial charge is 0.0706 e. The predicted octanol–water partition coefficient (Wildman–Crippen LogP) is 3.45. The molecule has 0 aliphatic heterocycles. The number of anilines is 2. The van der Waals surface area contributed by atoms with Crippen molar-refractivity contribution in [3.63, 3.8) is 0 Å². The molecule has 3 nitrogen and oxygen atoms in total. The number of nitrogens with two attached hydrogens (primary N) is 1. The van der Waals surface area contributed by atoms with E-state index in [9.17, 15) is 0 Å². The van der Waals surface area contributed by atoms with Gasteiger partial charge in [-0.15, -0.1) is 0 Å². The standard InChI is InChI=1S/C17H17N3/c1-20(16-7-4-6-14(18)11-16)12-15-10-9-13-5-2-3-8-17(13)19-15/h2-11H,12,18H2,1H3. The molecule has 0 fully saturated rings. The molecule has 3 heteroatoms. The maximum Gasteiger partial charge on any atom is 0.0706 e. The lowest BCUT2D eigenvalue weighted by molar-refractivity contribution is 0.892. The van der Waals surface area contributed by atoms with Gasteiger partial charge in [0.15, 0.2) is 0 Å².